The SMILES string of the molecule is CN(C)n1cc(I)c(C(F)(F)F)n1. The molecule has 0 bridgehead atoms. The summed E-state index contributed by atoms with van der Waals surface area (Å²) in [6.45, 7) is 0. The minimum atomic E-state index is -4.38. The summed E-state index contributed by atoms with van der Waals surface area (Å²) < 4.78 is 36.8. The molecule has 0 amide bonds. The van der Waals surface area contributed by atoms with Gasteiger partial charge in [-0.05, 0) is 22.6 Å². The molecule has 1 aromatic heterocycles. The molecule has 74 valence electrons. The zero-order valence-electron chi connectivity index (χ0n) is 6.93. The van der Waals surface area contributed by atoms with Crippen LogP contribution >= 0.6 is 22.6 Å². The Hall–Kier alpha value is -0.470. The summed E-state index contributed by atoms with van der Waals surface area (Å²) in [5.74, 6) is 0. The lowest BCUT2D eigenvalue weighted by molar-refractivity contribution is -0.142. The van der Waals surface area contributed by atoms with E-state index in [2.05, 4.69) is 5.10 Å². The van der Waals surface area contributed by atoms with Crippen molar-refractivity contribution in [2.75, 3.05) is 19.1 Å². The Kier molecular flexibility index (Phi) is 2.74. The second kappa shape index (κ2) is 3.35. The van der Waals surface area contributed by atoms with E-state index in [1.807, 2.05) is 0 Å². The van der Waals surface area contributed by atoms with Crippen LogP contribution in [-0.4, -0.2) is 24.0 Å². The average molecular weight is 305 g/mol. The predicted octanol–water partition coefficient (Wildman–Crippen LogP) is 1.70. The molecule has 0 aliphatic heterocycles. The molecule has 3 nitrogen and oxygen atoms in total. The van der Waals surface area contributed by atoms with Gasteiger partial charge in [0.25, 0.3) is 0 Å². The van der Waals surface area contributed by atoms with Gasteiger partial charge >= 0.3 is 6.18 Å². The van der Waals surface area contributed by atoms with Crippen LogP contribution in [0.15, 0.2) is 6.20 Å². The number of alkyl halides is 3. The van der Waals surface area contributed by atoms with Crippen molar-refractivity contribution in [3.8, 4) is 0 Å². The largest absolute Gasteiger partial charge is 0.436 e. The van der Waals surface area contributed by atoms with Crippen LogP contribution in [0.4, 0.5) is 13.2 Å². The summed E-state index contributed by atoms with van der Waals surface area (Å²) in [7, 11) is 3.23. The first-order valence-corrected chi connectivity index (χ1v) is 4.40. The van der Waals surface area contributed by atoms with Crippen molar-refractivity contribution >= 4 is 22.6 Å². The molecule has 0 spiro atoms. The van der Waals surface area contributed by atoms with E-state index in [4.69, 9.17) is 0 Å². The lowest BCUT2D eigenvalue weighted by Gasteiger charge is -2.11. The first-order chi connectivity index (χ1) is 5.82. The van der Waals surface area contributed by atoms with Crippen molar-refractivity contribution in [2.24, 2.45) is 0 Å². The Morgan fingerprint density at radius 2 is 2.00 bits per heavy atom. The normalized spacial score (nSPS) is 11.8. The minimum absolute atomic E-state index is 0.0961. The fourth-order valence-corrected chi connectivity index (χ4v) is 1.40. The molecule has 0 aliphatic carbocycles. The van der Waals surface area contributed by atoms with Crippen LogP contribution in [0, 0.1) is 3.57 Å². The van der Waals surface area contributed by atoms with Crippen LogP contribution in [0.1, 0.15) is 5.69 Å². The number of halogens is 4. The van der Waals surface area contributed by atoms with Crippen molar-refractivity contribution in [1.29, 1.82) is 0 Å². The molecule has 1 heterocycles. The molecule has 0 unspecified atom stereocenters. The number of hydrogen-bond acceptors (Lipinski definition) is 2. The maximum absolute atomic E-state index is 12.2. The predicted molar refractivity (Wildman–Crippen MR) is 50.0 cm³/mol. The standard InChI is InChI=1S/C6H7F3IN3/c1-12(2)13-3-4(10)5(11-13)6(7,8)9/h3H,1-2H3. The number of hydrogen-bond donors (Lipinski definition) is 0. The fraction of sp³-hybridized carbons (Fsp3) is 0.500. The van der Waals surface area contributed by atoms with Gasteiger partial charge in [0.2, 0.25) is 0 Å². The third kappa shape index (κ3) is 2.26. The van der Waals surface area contributed by atoms with E-state index in [-0.39, 0.29) is 3.57 Å². The number of nitrogens with zero attached hydrogens (tertiary/aromatic N) is 3. The molecule has 0 radical (unpaired) electrons. The molecular weight excluding hydrogens is 298 g/mol. The van der Waals surface area contributed by atoms with Crippen LogP contribution in [0.3, 0.4) is 0 Å². The highest BCUT2D eigenvalue weighted by Crippen LogP contribution is 2.31. The lowest BCUT2D eigenvalue weighted by atomic mass is 10.4. The highest BCUT2D eigenvalue weighted by atomic mass is 127. The van der Waals surface area contributed by atoms with Crippen molar-refractivity contribution in [3.05, 3.63) is 15.5 Å². The smallest absolute Gasteiger partial charge is 0.303 e. The summed E-state index contributed by atoms with van der Waals surface area (Å²) in [4.78, 5) is 1.14. The monoisotopic (exact) mass is 305 g/mol. The molecular formula is C6H7F3IN3. The van der Waals surface area contributed by atoms with Gasteiger partial charge in [0.1, 0.15) is 0 Å². The zero-order valence-corrected chi connectivity index (χ0v) is 9.09. The summed E-state index contributed by atoms with van der Waals surface area (Å²) in [5, 5.41) is 4.85. The Balaban J connectivity index is 3.11. The summed E-state index contributed by atoms with van der Waals surface area (Å²) in [5.41, 5.74) is -0.846. The van der Waals surface area contributed by atoms with Gasteiger partial charge in [0, 0.05) is 14.1 Å². The molecule has 0 aliphatic rings. The molecule has 0 aromatic carbocycles. The van der Waals surface area contributed by atoms with Gasteiger partial charge in [-0.2, -0.15) is 18.0 Å². The molecule has 0 fully saturated rings. The summed E-state index contributed by atoms with van der Waals surface area (Å²) >= 11 is 1.61. The van der Waals surface area contributed by atoms with Crippen LogP contribution in [0.5, 0.6) is 0 Å². The average Bonchev–Trinajstić information content (AvgIpc) is 2.29. The van der Waals surface area contributed by atoms with Gasteiger partial charge < -0.3 is 5.01 Å². The van der Waals surface area contributed by atoms with Crippen molar-refractivity contribution in [1.82, 2.24) is 9.89 Å². The van der Waals surface area contributed by atoms with Gasteiger partial charge in [-0.15, -0.1) is 5.10 Å². The quantitative estimate of drug-likeness (QED) is 0.737. The highest BCUT2D eigenvalue weighted by molar-refractivity contribution is 14.1. The van der Waals surface area contributed by atoms with Crippen molar-refractivity contribution < 1.29 is 13.2 Å². The van der Waals surface area contributed by atoms with E-state index in [1.165, 1.54) is 11.2 Å². The van der Waals surface area contributed by atoms with Crippen LogP contribution in [0.25, 0.3) is 0 Å². The Bertz CT molecular complexity index is 305. The van der Waals surface area contributed by atoms with Gasteiger partial charge in [-0.1, -0.05) is 0 Å². The first-order valence-electron chi connectivity index (χ1n) is 3.32. The topological polar surface area (TPSA) is 21.1 Å². The van der Waals surface area contributed by atoms with E-state index < -0.39 is 11.9 Å². The van der Waals surface area contributed by atoms with Gasteiger partial charge in [0.15, 0.2) is 5.69 Å². The second-order valence-electron chi connectivity index (χ2n) is 2.59. The third-order valence-electron chi connectivity index (χ3n) is 1.34. The van der Waals surface area contributed by atoms with Crippen LogP contribution in [0.2, 0.25) is 0 Å². The molecule has 0 N–H and O–H groups in total. The molecule has 1 aromatic rings. The first kappa shape index (κ1) is 10.6. The zero-order chi connectivity index (χ0) is 10.2. The van der Waals surface area contributed by atoms with Gasteiger partial charge in [-0.25, -0.2) is 0 Å². The Morgan fingerprint density at radius 1 is 1.46 bits per heavy atom. The summed E-state index contributed by atoms with van der Waals surface area (Å²) in [6, 6.07) is 0. The maximum atomic E-state index is 12.2. The van der Waals surface area contributed by atoms with Crippen LogP contribution in [-0.2, 0) is 6.18 Å². The van der Waals surface area contributed by atoms with E-state index in [0.29, 0.717) is 0 Å². The Labute approximate surface area is 86.6 Å². The number of rotatable bonds is 1. The van der Waals surface area contributed by atoms with Gasteiger partial charge in [0.05, 0.1) is 9.77 Å². The lowest BCUT2D eigenvalue weighted by Crippen LogP contribution is -2.25. The molecule has 0 saturated carbocycles. The summed E-state index contributed by atoms with van der Waals surface area (Å²) in [6.07, 6.45) is -3.05. The number of aromatic nitrogens is 2. The van der Waals surface area contributed by atoms with Crippen LogP contribution < -0.4 is 5.01 Å². The minimum Gasteiger partial charge on any atom is -0.303 e. The van der Waals surface area contributed by atoms with E-state index in [1.54, 1.807) is 36.7 Å². The van der Waals surface area contributed by atoms with E-state index in [0.717, 1.165) is 4.79 Å². The van der Waals surface area contributed by atoms with Crippen molar-refractivity contribution in [3.63, 3.8) is 0 Å². The molecule has 7 heteroatoms. The van der Waals surface area contributed by atoms with E-state index >= 15 is 0 Å². The maximum Gasteiger partial charge on any atom is 0.436 e. The van der Waals surface area contributed by atoms with Crippen molar-refractivity contribution in [2.45, 2.75) is 6.18 Å². The second-order valence-corrected chi connectivity index (χ2v) is 3.75. The highest BCUT2D eigenvalue weighted by Gasteiger charge is 2.36. The molecule has 0 atom stereocenters. The van der Waals surface area contributed by atoms with E-state index in [9.17, 15) is 13.2 Å². The molecule has 13 heavy (non-hydrogen) atoms. The third-order valence-corrected chi connectivity index (χ3v) is 2.13. The Morgan fingerprint density at radius 3 is 2.23 bits per heavy atom. The van der Waals surface area contributed by atoms with Gasteiger partial charge in [-0.3, -0.25) is 0 Å². The molecule has 0 saturated heterocycles. The molecule has 1 rings (SSSR count). The fourth-order valence-electron chi connectivity index (χ4n) is 0.739.